The van der Waals surface area contributed by atoms with Gasteiger partial charge in [-0.25, -0.2) is 0 Å². The number of rotatable bonds is 7. The SMILES string of the molecule is CSCCC(=O)N1C[C@@H]2[C@H](CO)[C@H]3CN(Cc4ccc(C(C)C)cc4)C[C@]2(C1)O3. The molecule has 5 nitrogen and oxygen atoms in total. The number of aliphatic hydroxyl groups is 1. The van der Waals surface area contributed by atoms with Gasteiger partial charge in [0.15, 0.2) is 0 Å². The molecule has 0 aliphatic carbocycles. The minimum atomic E-state index is -0.316. The van der Waals surface area contributed by atoms with Gasteiger partial charge < -0.3 is 14.7 Å². The van der Waals surface area contributed by atoms with Crippen LogP contribution in [0.3, 0.4) is 0 Å². The molecule has 1 aromatic rings. The van der Waals surface area contributed by atoms with E-state index in [-0.39, 0.29) is 36.1 Å². The Hall–Kier alpha value is -1.08. The molecule has 160 valence electrons. The molecule has 1 N–H and O–H groups in total. The third-order valence-electron chi connectivity index (χ3n) is 7.00. The number of ether oxygens (including phenoxy) is 1. The average Bonchev–Trinajstić information content (AvgIpc) is 3.14. The number of carbonyl (C=O) groups excluding carboxylic acids is 1. The van der Waals surface area contributed by atoms with Crippen LogP contribution in [0.5, 0.6) is 0 Å². The Labute approximate surface area is 178 Å². The minimum absolute atomic E-state index is 0.0668. The molecule has 0 aromatic heterocycles. The van der Waals surface area contributed by atoms with Crippen molar-refractivity contribution in [2.45, 2.75) is 44.4 Å². The fraction of sp³-hybridized carbons (Fsp3) is 0.696. The number of aliphatic hydroxyl groups excluding tert-OH is 1. The summed E-state index contributed by atoms with van der Waals surface area (Å²) in [5.41, 5.74) is 2.36. The highest BCUT2D eigenvalue weighted by molar-refractivity contribution is 7.98. The zero-order chi connectivity index (χ0) is 20.6. The van der Waals surface area contributed by atoms with Crippen molar-refractivity contribution in [1.82, 2.24) is 9.80 Å². The normalized spacial score (nSPS) is 31.5. The van der Waals surface area contributed by atoms with Gasteiger partial charge >= 0.3 is 0 Å². The highest BCUT2D eigenvalue weighted by atomic mass is 32.2. The molecule has 0 unspecified atom stereocenters. The fourth-order valence-electron chi connectivity index (χ4n) is 5.45. The van der Waals surface area contributed by atoms with Crippen molar-refractivity contribution >= 4 is 17.7 Å². The molecule has 3 aliphatic heterocycles. The minimum Gasteiger partial charge on any atom is -0.396 e. The van der Waals surface area contributed by atoms with Gasteiger partial charge in [-0.1, -0.05) is 38.1 Å². The van der Waals surface area contributed by atoms with Crippen LogP contribution in [0.25, 0.3) is 0 Å². The lowest BCUT2D eigenvalue weighted by Crippen LogP contribution is -2.54. The van der Waals surface area contributed by atoms with E-state index in [1.807, 2.05) is 11.2 Å². The van der Waals surface area contributed by atoms with Crippen molar-refractivity contribution in [2.24, 2.45) is 11.8 Å². The predicted octanol–water partition coefficient (Wildman–Crippen LogP) is 2.58. The van der Waals surface area contributed by atoms with Crippen LogP contribution >= 0.6 is 11.8 Å². The predicted molar refractivity (Wildman–Crippen MR) is 117 cm³/mol. The molecular weight excluding hydrogens is 384 g/mol. The summed E-state index contributed by atoms with van der Waals surface area (Å²) in [6.45, 7) is 8.56. The lowest BCUT2D eigenvalue weighted by Gasteiger charge is -2.40. The summed E-state index contributed by atoms with van der Waals surface area (Å²) in [6.07, 6.45) is 2.69. The fourth-order valence-corrected chi connectivity index (χ4v) is 5.83. The largest absolute Gasteiger partial charge is 0.396 e. The summed E-state index contributed by atoms with van der Waals surface area (Å²) in [5.74, 6) is 1.99. The van der Waals surface area contributed by atoms with Gasteiger partial charge in [0.2, 0.25) is 5.91 Å². The Kier molecular flexibility index (Phi) is 6.26. The molecule has 3 fully saturated rings. The topological polar surface area (TPSA) is 53.0 Å². The third-order valence-corrected chi connectivity index (χ3v) is 7.61. The van der Waals surface area contributed by atoms with Gasteiger partial charge in [-0.15, -0.1) is 0 Å². The summed E-state index contributed by atoms with van der Waals surface area (Å²) >= 11 is 1.71. The standard InChI is InChI=1S/C23H34N2O3S/c1-16(2)18-6-4-17(5-7-18)10-24-12-21-19(13-26)20-11-25(22(27)8-9-29-3)15-23(20,14-24)28-21/h4-7,16,19-21,26H,8-15H2,1-3H3/t19-,20+,21+,23+/m0/s1. The van der Waals surface area contributed by atoms with E-state index >= 15 is 0 Å². The van der Waals surface area contributed by atoms with Gasteiger partial charge in [0.25, 0.3) is 0 Å². The second-order valence-corrected chi connectivity index (χ2v) is 10.2. The molecule has 1 spiro atoms. The number of carbonyl (C=O) groups is 1. The zero-order valence-electron chi connectivity index (χ0n) is 17.8. The number of nitrogens with zero attached hydrogens (tertiary/aromatic N) is 2. The summed E-state index contributed by atoms with van der Waals surface area (Å²) in [7, 11) is 0. The molecule has 3 aliphatic rings. The van der Waals surface area contributed by atoms with E-state index < -0.39 is 0 Å². The second-order valence-electron chi connectivity index (χ2n) is 9.26. The lowest BCUT2D eigenvalue weighted by molar-refractivity contribution is -0.138. The number of likely N-dealkylation sites (tertiary alicyclic amines) is 2. The molecule has 4 rings (SSSR count). The van der Waals surface area contributed by atoms with Crippen molar-refractivity contribution in [1.29, 1.82) is 0 Å². The maximum Gasteiger partial charge on any atom is 0.223 e. The van der Waals surface area contributed by atoms with Crippen LogP contribution in [0.15, 0.2) is 24.3 Å². The van der Waals surface area contributed by atoms with Crippen LogP contribution in [0.1, 0.15) is 37.3 Å². The van der Waals surface area contributed by atoms with E-state index in [1.165, 1.54) is 11.1 Å². The Morgan fingerprint density at radius 2 is 2.03 bits per heavy atom. The number of benzene rings is 1. The Morgan fingerprint density at radius 3 is 2.69 bits per heavy atom. The Bertz CT molecular complexity index is 725. The maximum absolute atomic E-state index is 12.6. The summed E-state index contributed by atoms with van der Waals surface area (Å²) in [5, 5.41) is 10.1. The first-order valence-electron chi connectivity index (χ1n) is 10.8. The lowest BCUT2D eigenvalue weighted by atomic mass is 9.83. The van der Waals surface area contributed by atoms with Gasteiger partial charge in [0.1, 0.15) is 5.60 Å². The second kappa shape index (κ2) is 8.58. The Balaban J connectivity index is 1.47. The number of amides is 1. The summed E-state index contributed by atoms with van der Waals surface area (Å²) in [4.78, 5) is 17.1. The molecule has 0 saturated carbocycles. The number of thioether (sulfide) groups is 1. The van der Waals surface area contributed by atoms with Crippen LogP contribution in [0, 0.1) is 11.8 Å². The first kappa shape index (κ1) is 21.2. The van der Waals surface area contributed by atoms with Crippen molar-refractivity contribution in [3.8, 4) is 0 Å². The molecule has 29 heavy (non-hydrogen) atoms. The van der Waals surface area contributed by atoms with Crippen molar-refractivity contribution in [2.75, 3.05) is 44.8 Å². The zero-order valence-corrected chi connectivity index (χ0v) is 18.7. The van der Waals surface area contributed by atoms with Crippen LogP contribution < -0.4 is 0 Å². The third kappa shape index (κ3) is 4.09. The van der Waals surface area contributed by atoms with E-state index in [1.54, 1.807) is 11.8 Å². The molecule has 4 atom stereocenters. The average molecular weight is 419 g/mol. The van der Waals surface area contributed by atoms with Crippen molar-refractivity contribution in [3.63, 3.8) is 0 Å². The van der Waals surface area contributed by atoms with Gasteiger partial charge in [-0.3, -0.25) is 9.69 Å². The number of morpholine rings is 1. The Morgan fingerprint density at radius 1 is 1.28 bits per heavy atom. The first-order chi connectivity index (χ1) is 14.0. The molecule has 0 radical (unpaired) electrons. The van der Waals surface area contributed by atoms with Gasteiger partial charge in [-0.05, 0) is 23.3 Å². The van der Waals surface area contributed by atoms with Crippen LogP contribution in [0.4, 0.5) is 0 Å². The first-order valence-corrected chi connectivity index (χ1v) is 12.2. The van der Waals surface area contributed by atoms with Crippen molar-refractivity contribution < 1.29 is 14.6 Å². The molecular formula is C23H34N2O3S. The molecule has 1 amide bonds. The molecule has 6 heteroatoms. The molecule has 1 aromatic carbocycles. The smallest absolute Gasteiger partial charge is 0.223 e. The van der Waals surface area contributed by atoms with Gasteiger partial charge in [0, 0.05) is 56.8 Å². The molecule has 3 heterocycles. The van der Waals surface area contributed by atoms with Crippen LogP contribution in [0.2, 0.25) is 0 Å². The number of hydrogen-bond donors (Lipinski definition) is 1. The van der Waals surface area contributed by atoms with Gasteiger partial charge in [0.05, 0.1) is 12.6 Å². The molecule has 3 saturated heterocycles. The number of hydrogen-bond acceptors (Lipinski definition) is 5. The van der Waals surface area contributed by atoms with E-state index in [2.05, 4.69) is 43.0 Å². The van der Waals surface area contributed by atoms with E-state index in [0.29, 0.717) is 18.9 Å². The maximum atomic E-state index is 12.6. The monoisotopic (exact) mass is 418 g/mol. The summed E-state index contributed by atoms with van der Waals surface area (Å²) in [6, 6.07) is 8.93. The quantitative estimate of drug-likeness (QED) is 0.738. The molecule has 2 bridgehead atoms. The van der Waals surface area contributed by atoms with Gasteiger partial charge in [-0.2, -0.15) is 11.8 Å². The van der Waals surface area contributed by atoms with Crippen LogP contribution in [-0.2, 0) is 16.1 Å². The van der Waals surface area contributed by atoms with E-state index in [9.17, 15) is 9.90 Å². The van der Waals surface area contributed by atoms with E-state index in [0.717, 1.165) is 31.9 Å². The van der Waals surface area contributed by atoms with Crippen molar-refractivity contribution in [3.05, 3.63) is 35.4 Å². The highest BCUT2D eigenvalue weighted by Gasteiger charge is 2.62. The number of fused-ring (bicyclic) bond motifs is 1. The van der Waals surface area contributed by atoms with E-state index in [4.69, 9.17) is 4.74 Å². The highest BCUT2D eigenvalue weighted by Crippen LogP contribution is 2.49. The summed E-state index contributed by atoms with van der Waals surface area (Å²) < 4.78 is 6.51. The van der Waals surface area contributed by atoms with Crippen LogP contribution in [-0.4, -0.2) is 77.3 Å².